The fourth-order valence-corrected chi connectivity index (χ4v) is 4.72. The molecular weight excluding hydrogens is 629 g/mol. The number of esters is 2. The van der Waals surface area contributed by atoms with E-state index in [4.69, 9.17) is 18.5 Å². The standard InChI is InChI=1S/C38H64NO8P/c1-6-8-10-12-14-16-18-19-21-23-25-27-29-31-38(41)47-36(35-46-48(42,43)45-33-32-39(3,4)5)34-44-37(40)30-28-26-24-22-20-17-15-13-11-9-7-2/h8,10,12-21,36H,6-7,9,11,22-35H2,1-5H3/b10-8+,14-12+,15-13+,18-16+,20-17+,21-19+. The Kier molecular flexibility index (Phi) is 28.9. The van der Waals surface area contributed by atoms with Crippen molar-refractivity contribution in [3.05, 3.63) is 72.9 Å². The lowest BCUT2D eigenvalue weighted by atomic mass is 10.1. The molecular formula is C38H64NO8P. The van der Waals surface area contributed by atoms with Crippen molar-refractivity contribution in [2.75, 3.05) is 47.5 Å². The average molecular weight is 694 g/mol. The largest absolute Gasteiger partial charge is 0.756 e. The number of quaternary nitrogens is 1. The molecule has 0 aliphatic rings. The molecule has 0 aliphatic carbocycles. The predicted octanol–water partition coefficient (Wildman–Crippen LogP) is 8.49. The molecule has 0 saturated carbocycles. The molecule has 48 heavy (non-hydrogen) atoms. The van der Waals surface area contributed by atoms with Crippen molar-refractivity contribution >= 4 is 19.8 Å². The van der Waals surface area contributed by atoms with Crippen LogP contribution < -0.4 is 4.89 Å². The molecule has 2 unspecified atom stereocenters. The predicted molar refractivity (Wildman–Crippen MR) is 194 cm³/mol. The summed E-state index contributed by atoms with van der Waals surface area (Å²) < 4.78 is 33.6. The van der Waals surface area contributed by atoms with Gasteiger partial charge in [0, 0.05) is 12.8 Å². The topological polar surface area (TPSA) is 111 Å². The molecule has 0 aliphatic heterocycles. The highest BCUT2D eigenvalue weighted by Gasteiger charge is 2.21. The zero-order chi connectivity index (χ0) is 35.8. The summed E-state index contributed by atoms with van der Waals surface area (Å²) in [4.78, 5) is 37.2. The first-order valence-electron chi connectivity index (χ1n) is 17.7. The molecule has 0 spiro atoms. The minimum atomic E-state index is -4.63. The Morgan fingerprint density at radius 2 is 1.19 bits per heavy atom. The molecule has 0 aromatic heterocycles. The van der Waals surface area contributed by atoms with Gasteiger partial charge in [-0.3, -0.25) is 14.2 Å². The van der Waals surface area contributed by atoms with Gasteiger partial charge in [0.15, 0.2) is 6.10 Å². The van der Waals surface area contributed by atoms with E-state index in [0.29, 0.717) is 23.9 Å². The smallest absolute Gasteiger partial charge is 0.306 e. The average Bonchev–Trinajstić information content (AvgIpc) is 3.02. The molecule has 0 heterocycles. The summed E-state index contributed by atoms with van der Waals surface area (Å²) >= 11 is 0. The van der Waals surface area contributed by atoms with E-state index in [1.807, 2.05) is 57.6 Å². The summed E-state index contributed by atoms with van der Waals surface area (Å²) in [6.45, 7) is 3.89. The summed E-state index contributed by atoms with van der Waals surface area (Å²) in [6.07, 6.45) is 35.2. The van der Waals surface area contributed by atoms with E-state index in [2.05, 4.69) is 50.3 Å². The lowest BCUT2D eigenvalue weighted by Crippen LogP contribution is -2.37. The maximum atomic E-state index is 12.5. The van der Waals surface area contributed by atoms with Crippen molar-refractivity contribution in [1.29, 1.82) is 0 Å². The highest BCUT2D eigenvalue weighted by molar-refractivity contribution is 7.45. The van der Waals surface area contributed by atoms with Gasteiger partial charge in [0.25, 0.3) is 7.82 Å². The third kappa shape index (κ3) is 33.4. The van der Waals surface area contributed by atoms with Crippen molar-refractivity contribution in [1.82, 2.24) is 0 Å². The first-order chi connectivity index (χ1) is 23.0. The maximum Gasteiger partial charge on any atom is 0.306 e. The van der Waals surface area contributed by atoms with Gasteiger partial charge >= 0.3 is 11.9 Å². The van der Waals surface area contributed by atoms with Crippen LogP contribution in [-0.2, 0) is 32.7 Å². The van der Waals surface area contributed by atoms with Crippen LogP contribution in [0.5, 0.6) is 0 Å². The molecule has 0 rings (SSSR count). The Bertz CT molecular complexity index is 1060. The normalized spacial score (nSPS) is 14.7. The van der Waals surface area contributed by atoms with E-state index in [0.717, 1.165) is 51.4 Å². The molecule has 0 saturated heterocycles. The highest BCUT2D eigenvalue weighted by atomic mass is 31.2. The lowest BCUT2D eigenvalue weighted by molar-refractivity contribution is -0.870. The van der Waals surface area contributed by atoms with Gasteiger partial charge in [0.2, 0.25) is 0 Å². The van der Waals surface area contributed by atoms with Gasteiger partial charge in [-0.2, -0.15) is 0 Å². The van der Waals surface area contributed by atoms with Crippen LogP contribution >= 0.6 is 7.82 Å². The number of hydrogen-bond acceptors (Lipinski definition) is 8. The Hall–Kier alpha value is -2.55. The summed E-state index contributed by atoms with van der Waals surface area (Å²) in [6, 6.07) is 0. The SMILES string of the molecule is CC/C=C/C=C/C=C/C=C/CCCCCC(=O)OC(COC(=O)CCCCC/C=C/C=C/CCCC)COP(=O)([O-])OCC[N+](C)(C)C. The van der Waals surface area contributed by atoms with Crippen molar-refractivity contribution in [3.8, 4) is 0 Å². The van der Waals surface area contributed by atoms with Gasteiger partial charge in [-0.25, -0.2) is 0 Å². The van der Waals surface area contributed by atoms with Crippen molar-refractivity contribution in [2.24, 2.45) is 0 Å². The second kappa shape index (κ2) is 30.5. The third-order valence-electron chi connectivity index (χ3n) is 6.83. The van der Waals surface area contributed by atoms with E-state index in [1.165, 1.54) is 12.8 Å². The Labute approximate surface area is 291 Å². The molecule has 0 fully saturated rings. The van der Waals surface area contributed by atoms with Gasteiger partial charge in [-0.1, -0.05) is 112 Å². The van der Waals surface area contributed by atoms with Crippen LogP contribution in [0.25, 0.3) is 0 Å². The summed E-state index contributed by atoms with van der Waals surface area (Å²) in [5.41, 5.74) is 0. The minimum absolute atomic E-state index is 0.0473. The summed E-state index contributed by atoms with van der Waals surface area (Å²) in [5.74, 6) is -0.927. The number of carbonyl (C=O) groups is 2. The van der Waals surface area contributed by atoms with Crippen LogP contribution in [0, 0.1) is 0 Å². The first-order valence-corrected chi connectivity index (χ1v) is 19.2. The fourth-order valence-electron chi connectivity index (χ4n) is 3.99. The van der Waals surface area contributed by atoms with Gasteiger partial charge in [-0.05, 0) is 51.4 Å². The molecule has 0 amide bonds. The van der Waals surface area contributed by atoms with E-state index in [9.17, 15) is 19.0 Å². The van der Waals surface area contributed by atoms with E-state index in [1.54, 1.807) is 0 Å². The number of hydrogen-bond donors (Lipinski definition) is 0. The molecule has 0 radical (unpaired) electrons. The monoisotopic (exact) mass is 693 g/mol. The number of likely N-dealkylation sites (N-methyl/N-ethyl adjacent to an activating group) is 1. The van der Waals surface area contributed by atoms with Gasteiger partial charge in [0.05, 0.1) is 27.7 Å². The molecule has 0 bridgehead atoms. The number of ether oxygens (including phenoxy) is 2. The van der Waals surface area contributed by atoms with Crippen LogP contribution in [0.3, 0.4) is 0 Å². The first kappa shape index (κ1) is 45.5. The number of rotatable bonds is 30. The molecule has 274 valence electrons. The van der Waals surface area contributed by atoms with Crippen LogP contribution in [0.4, 0.5) is 0 Å². The maximum absolute atomic E-state index is 12.5. The van der Waals surface area contributed by atoms with Crippen molar-refractivity contribution < 1.29 is 42.1 Å². The zero-order valence-corrected chi connectivity index (χ0v) is 31.3. The van der Waals surface area contributed by atoms with E-state index >= 15 is 0 Å². The highest BCUT2D eigenvalue weighted by Crippen LogP contribution is 2.38. The molecule has 2 atom stereocenters. The van der Waals surface area contributed by atoms with Gasteiger partial charge in [-0.15, -0.1) is 0 Å². The number of nitrogens with zero attached hydrogens (tertiary/aromatic N) is 1. The van der Waals surface area contributed by atoms with Crippen molar-refractivity contribution in [3.63, 3.8) is 0 Å². The number of phosphoric acid groups is 1. The number of carbonyl (C=O) groups excluding carboxylic acids is 2. The van der Waals surface area contributed by atoms with E-state index in [-0.39, 0.29) is 26.1 Å². The molecule has 9 nitrogen and oxygen atoms in total. The van der Waals surface area contributed by atoms with Crippen LogP contribution in [0.2, 0.25) is 0 Å². The number of unbranched alkanes of at least 4 members (excludes halogenated alkanes) is 8. The van der Waals surface area contributed by atoms with Crippen LogP contribution in [0.15, 0.2) is 72.9 Å². The molecule has 0 aromatic carbocycles. The summed E-state index contributed by atoms with van der Waals surface area (Å²) in [7, 11) is 1.10. The minimum Gasteiger partial charge on any atom is -0.756 e. The van der Waals surface area contributed by atoms with Gasteiger partial charge in [0.1, 0.15) is 19.8 Å². The zero-order valence-electron chi connectivity index (χ0n) is 30.4. The van der Waals surface area contributed by atoms with Crippen molar-refractivity contribution in [2.45, 2.75) is 110 Å². The number of phosphoric ester groups is 1. The molecule has 0 aromatic rings. The molecule has 0 N–H and O–H groups in total. The van der Waals surface area contributed by atoms with Crippen LogP contribution in [-0.4, -0.2) is 70.0 Å². The second-order valence-corrected chi connectivity index (χ2v) is 14.0. The third-order valence-corrected chi connectivity index (χ3v) is 7.80. The van der Waals surface area contributed by atoms with E-state index < -0.39 is 32.5 Å². The Balaban J connectivity index is 4.63. The molecule has 10 heteroatoms. The lowest BCUT2D eigenvalue weighted by Gasteiger charge is -2.28. The second-order valence-electron chi connectivity index (χ2n) is 12.6. The van der Waals surface area contributed by atoms with Crippen LogP contribution in [0.1, 0.15) is 104 Å². The Morgan fingerprint density at radius 1 is 0.667 bits per heavy atom. The fraction of sp³-hybridized carbons (Fsp3) is 0.632. The Morgan fingerprint density at radius 3 is 1.75 bits per heavy atom. The quantitative estimate of drug-likeness (QED) is 0.0242. The van der Waals surface area contributed by atoms with Gasteiger partial charge < -0.3 is 27.9 Å². The number of allylic oxidation sites excluding steroid dienone is 12. The summed E-state index contributed by atoms with van der Waals surface area (Å²) in [5, 5.41) is 0.